The summed E-state index contributed by atoms with van der Waals surface area (Å²) in [7, 11) is 0. The molecule has 1 unspecified atom stereocenters. The molecule has 0 bridgehead atoms. The molecule has 0 spiro atoms. The first-order chi connectivity index (χ1) is 5.27. The maximum Gasteiger partial charge on any atom is 0.241 e. The van der Waals surface area contributed by atoms with Crippen LogP contribution >= 0.6 is 0 Å². The fourth-order valence-corrected chi connectivity index (χ4v) is 1.68. The molecule has 1 aliphatic heterocycles. The van der Waals surface area contributed by atoms with E-state index in [1.54, 1.807) is 0 Å². The fourth-order valence-electron chi connectivity index (χ4n) is 1.68. The van der Waals surface area contributed by atoms with Gasteiger partial charge in [0, 0.05) is 13.1 Å². The van der Waals surface area contributed by atoms with Crippen molar-refractivity contribution >= 4 is 5.91 Å². The summed E-state index contributed by atoms with van der Waals surface area (Å²) < 4.78 is 0. The number of β-lactam (4-membered cyclic amide) rings is 1. The van der Waals surface area contributed by atoms with Gasteiger partial charge in [-0.1, -0.05) is 6.42 Å². The lowest BCUT2D eigenvalue weighted by atomic mass is 9.84. The molecule has 3 nitrogen and oxygen atoms in total. The van der Waals surface area contributed by atoms with Gasteiger partial charge in [0.1, 0.15) is 6.04 Å². The summed E-state index contributed by atoms with van der Waals surface area (Å²) in [6.07, 6.45) is 3.96. The molecule has 1 amide bonds. The van der Waals surface area contributed by atoms with E-state index in [-0.39, 0.29) is 11.9 Å². The van der Waals surface area contributed by atoms with Gasteiger partial charge in [0.25, 0.3) is 0 Å². The minimum Gasteiger partial charge on any atom is -0.339 e. The SMILES string of the molecule is NC1CN(CC2CCC2)C1=O. The molecular weight excluding hydrogens is 140 g/mol. The van der Waals surface area contributed by atoms with Crippen LogP contribution in [0.4, 0.5) is 0 Å². The van der Waals surface area contributed by atoms with Gasteiger partial charge >= 0.3 is 0 Å². The van der Waals surface area contributed by atoms with E-state index >= 15 is 0 Å². The van der Waals surface area contributed by atoms with Crippen molar-refractivity contribution in [3.8, 4) is 0 Å². The van der Waals surface area contributed by atoms with Crippen molar-refractivity contribution in [3.05, 3.63) is 0 Å². The number of amides is 1. The van der Waals surface area contributed by atoms with Gasteiger partial charge in [-0.2, -0.15) is 0 Å². The molecule has 2 N–H and O–H groups in total. The van der Waals surface area contributed by atoms with Crippen LogP contribution in [0.3, 0.4) is 0 Å². The number of nitrogens with zero attached hydrogens (tertiary/aromatic N) is 1. The van der Waals surface area contributed by atoms with Gasteiger partial charge in [0.2, 0.25) is 5.91 Å². The molecule has 11 heavy (non-hydrogen) atoms. The average molecular weight is 154 g/mol. The highest BCUT2D eigenvalue weighted by Crippen LogP contribution is 2.28. The summed E-state index contributed by atoms with van der Waals surface area (Å²) >= 11 is 0. The van der Waals surface area contributed by atoms with Gasteiger partial charge in [-0.3, -0.25) is 4.79 Å². The lowest BCUT2D eigenvalue weighted by molar-refractivity contribution is -0.143. The first-order valence-corrected chi connectivity index (χ1v) is 4.32. The summed E-state index contributed by atoms with van der Waals surface area (Å²) in [6.45, 7) is 1.75. The van der Waals surface area contributed by atoms with Crippen LogP contribution in [-0.4, -0.2) is 29.9 Å². The predicted octanol–water partition coefficient (Wildman–Crippen LogP) is -0.0440. The van der Waals surface area contributed by atoms with Crippen molar-refractivity contribution in [1.82, 2.24) is 4.90 Å². The van der Waals surface area contributed by atoms with Crippen molar-refractivity contribution in [1.29, 1.82) is 0 Å². The van der Waals surface area contributed by atoms with Crippen LogP contribution in [0.25, 0.3) is 0 Å². The molecule has 1 aliphatic carbocycles. The van der Waals surface area contributed by atoms with Gasteiger partial charge in [-0.05, 0) is 18.8 Å². The van der Waals surface area contributed by atoms with E-state index in [9.17, 15) is 4.79 Å². The molecule has 0 radical (unpaired) electrons. The third-order valence-electron chi connectivity index (χ3n) is 2.75. The monoisotopic (exact) mass is 154 g/mol. The Balaban J connectivity index is 1.75. The van der Waals surface area contributed by atoms with E-state index in [1.807, 2.05) is 4.90 Å². The average Bonchev–Trinajstić information content (AvgIpc) is 1.93. The van der Waals surface area contributed by atoms with Gasteiger partial charge in [-0.25, -0.2) is 0 Å². The van der Waals surface area contributed by atoms with Gasteiger partial charge in [-0.15, -0.1) is 0 Å². The highest BCUT2D eigenvalue weighted by atomic mass is 16.2. The Labute approximate surface area is 66.5 Å². The summed E-state index contributed by atoms with van der Waals surface area (Å²) in [4.78, 5) is 12.9. The van der Waals surface area contributed by atoms with Crippen molar-refractivity contribution in [3.63, 3.8) is 0 Å². The van der Waals surface area contributed by atoms with E-state index in [2.05, 4.69) is 0 Å². The van der Waals surface area contributed by atoms with Crippen LogP contribution in [0.1, 0.15) is 19.3 Å². The number of hydrogen-bond donors (Lipinski definition) is 1. The largest absolute Gasteiger partial charge is 0.339 e. The molecule has 1 saturated carbocycles. The minimum absolute atomic E-state index is 0.150. The van der Waals surface area contributed by atoms with Crippen LogP contribution in [0.2, 0.25) is 0 Å². The van der Waals surface area contributed by atoms with E-state index in [4.69, 9.17) is 5.73 Å². The van der Waals surface area contributed by atoms with Crippen LogP contribution < -0.4 is 5.73 Å². The maximum absolute atomic E-state index is 11.0. The lowest BCUT2D eigenvalue weighted by Crippen LogP contribution is -2.62. The zero-order valence-corrected chi connectivity index (χ0v) is 6.62. The standard InChI is InChI=1S/C8H14N2O/c9-7-5-10(8(7)11)4-6-2-1-3-6/h6-7H,1-5,9H2. The molecule has 2 rings (SSSR count). The Morgan fingerprint density at radius 3 is 2.64 bits per heavy atom. The summed E-state index contributed by atoms with van der Waals surface area (Å²) in [6, 6.07) is -0.185. The van der Waals surface area contributed by atoms with Gasteiger partial charge in [0.05, 0.1) is 0 Å². The first kappa shape index (κ1) is 7.10. The smallest absolute Gasteiger partial charge is 0.241 e. The van der Waals surface area contributed by atoms with E-state index in [1.165, 1.54) is 19.3 Å². The molecule has 2 aliphatic rings. The van der Waals surface area contributed by atoms with Crippen molar-refractivity contribution < 1.29 is 4.79 Å². The Morgan fingerprint density at radius 1 is 1.55 bits per heavy atom. The molecule has 3 heteroatoms. The third kappa shape index (κ3) is 1.13. The first-order valence-electron chi connectivity index (χ1n) is 4.32. The van der Waals surface area contributed by atoms with Gasteiger partial charge in [0.15, 0.2) is 0 Å². The highest BCUT2D eigenvalue weighted by Gasteiger charge is 2.35. The molecule has 0 aromatic rings. The van der Waals surface area contributed by atoms with Crippen LogP contribution in [0, 0.1) is 5.92 Å². The van der Waals surface area contributed by atoms with Crippen LogP contribution in [-0.2, 0) is 4.79 Å². The number of hydrogen-bond acceptors (Lipinski definition) is 2. The van der Waals surface area contributed by atoms with Crippen molar-refractivity contribution in [2.45, 2.75) is 25.3 Å². The second-order valence-electron chi connectivity index (χ2n) is 3.65. The Bertz CT molecular complexity index is 177. The quantitative estimate of drug-likeness (QED) is 0.567. The molecule has 62 valence electrons. The lowest BCUT2D eigenvalue weighted by Gasteiger charge is -2.40. The number of carbonyl (C=O) groups excluding carboxylic acids is 1. The molecular formula is C8H14N2O. The van der Waals surface area contributed by atoms with Crippen molar-refractivity contribution in [2.24, 2.45) is 11.7 Å². The number of likely N-dealkylation sites (tertiary alicyclic amines) is 1. The molecule has 2 fully saturated rings. The van der Waals surface area contributed by atoms with Gasteiger partial charge < -0.3 is 10.6 Å². The fraction of sp³-hybridized carbons (Fsp3) is 0.875. The predicted molar refractivity (Wildman–Crippen MR) is 41.9 cm³/mol. The van der Waals surface area contributed by atoms with Crippen LogP contribution in [0.5, 0.6) is 0 Å². The van der Waals surface area contributed by atoms with Crippen LogP contribution in [0.15, 0.2) is 0 Å². The maximum atomic E-state index is 11.0. The normalized spacial score (nSPS) is 31.5. The van der Waals surface area contributed by atoms with E-state index in [0.717, 1.165) is 19.0 Å². The highest BCUT2D eigenvalue weighted by molar-refractivity contribution is 5.87. The number of rotatable bonds is 2. The molecule has 0 aromatic heterocycles. The number of carbonyl (C=O) groups is 1. The Morgan fingerprint density at radius 2 is 2.27 bits per heavy atom. The van der Waals surface area contributed by atoms with E-state index < -0.39 is 0 Å². The topological polar surface area (TPSA) is 46.3 Å². The molecule has 1 atom stereocenters. The third-order valence-corrected chi connectivity index (χ3v) is 2.75. The Kier molecular flexibility index (Phi) is 1.60. The zero-order valence-electron chi connectivity index (χ0n) is 6.62. The number of nitrogens with two attached hydrogens (primary N) is 1. The second kappa shape index (κ2) is 2.48. The molecule has 1 heterocycles. The second-order valence-corrected chi connectivity index (χ2v) is 3.65. The molecule has 0 aromatic carbocycles. The van der Waals surface area contributed by atoms with E-state index in [0.29, 0.717) is 0 Å². The summed E-state index contributed by atoms with van der Waals surface area (Å²) in [5.41, 5.74) is 5.46. The Hall–Kier alpha value is -0.570. The summed E-state index contributed by atoms with van der Waals surface area (Å²) in [5, 5.41) is 0. The minimum atomic E-state index is -0.185. The summed E-state index contributed by atoms with van der Waals surface area (Å²) in [5.74, 6) is 0.934. The van der Waals surface area contributed by atoms with Crippen molar-refractivity contribution in [2.75, 3.05) is 13.1 Å². The molecule has 1 saturated heterocycles. The zero-order chi connectivity index (χ0) is 7.84.